The fourth-order valence-electron chi connectivity index (χ4n) is 7.72. The van der Waals surface area contributed by atoms with Gasteiger partial charge in [-0.2, -0.15) is 9.13 Å². The highest BCUT2D eigenvalue weighted by atomic mass is 16.3. The number of hydrogen-bond acceptors (Lipinski definition) is 1. The second kappa shape index (κ2) is 9.24. The summed E-state index contributed by atoms with van der Waals surface area (Å²) in [6, 6.07) is 32.7. The summed E-state index contributed by atoms with van der Waals surface area (Å²) in [7, 11) is 0. The molecule has 9 rings (SSSR count). The third-order valence-electron chi connectivity index (χ3n) is 9.93. The highest BCUT2D eigenvalue weighted by Crippen LogP contribution is 2.44. The molecule has 0 spiro atoms. The van der Waals surface area contributed by atoms with Crippen LogP contribution in [0.15, 0.2) is 102 Å². The minimum absolute atomic E-state index is 0.933. The third-order valence-corrected chi connectivity index (χ3v) is 9.93. The molecule has 0 unspecified atom stereocenters. The Morgan fingerprint density at radius 1 is 0.651 bits per heavy atom. The first-order chi connectivity index (χ1) is 21.2. The van der Waals surface area contributed by atoms with Crippen LogP contribution in [0.25, 0.3) is 67.4 Å². The number of fused-ring (bicyclic) bond motifs is 12. The molecule has 206 valence electrons. The van der Waals surface area contributed by atoms with Crippen molar-refractivity contribution in [2.24, 2.45) is 0 Å². The zero-order chi connectivity index (χ0) is 28.7. The van der Waals surface area contributed by atoms with Crippen molar-refractivity contribution in [3.8, 4) is 22.5 Å². The van der Waals surface area contributed by atoms with Gasteiger partial charge in [0.1, 0.15) is 11.2 Å². The van der Waals surface area contributed by atoms with Gasteiger partial charge >= 0.3 is 0 Å². The normalized spacial score (nSPS) is 13.8. The molecule has 0 bridgehead atoms. The standard InChI is InChI=1S/C40H32N2O/c1-25-26(2)31-20-23-41-22-19-27-9-3-4-12-32(27)39(41)38(31)37-30(25)21-24-42-29(11-8-15-35(37)42)18-17-28-10-7-14-34-33-13-5-6-16-36(33)43-40(28)34/h3-19,22H,20-21,23-24H2,1-2H3/q+2/b18-17+. The van der Waals surface area contributed by atoms with E-state index in [0.29, 0.717) is 0 Å². The van der Waals surface area contributed by atoms with Gasteiger partial charge in [-0.15, -0.1) is 0 Å². The van der Waals surface area contributed by atoms with E-state index in [1.165, 1.54) is 61.2 Å². The predicted molar refractivity (Wildman–Crippen MR) is 175 cm³/mol. The number of pyridine rings is 2. The van der Waals surface area contributed by atoms with Crippen LogP contribution in [-0.4, -0.2) is 0 Å². The van der Waals surface area contributed by atoms with Gasteiger partial charge in [-0.1, -0.05) is 54.6 Å². The van der Waals surface area contributed by atoms with Crippen LogP contribution in [0.4, 0.5) is 0 Å². The maximum Gasteiger partial charge on any atom is 0.221 e. The predicted octanol–water partition coefficient (Wildman–Crippen LogP) is 8.55. The topological polar surface area (TPSA) is 20.9 Å². The smallest absolute Gasteiger partial charge is 0.221 e. The summed E-state index contributed by atoms with van der Waals surface area (Å²) in [5, 5.41) is 4.96. The summed E-state index contributed by atoms with van der Waals surface area (Å²) in [6.07, 6.45) is 8.87. The van der Waals surface area contributed by atoms with Crippen molar-refractivity contribution in [1.29, 1.82) is 0 Å². The molecule has 0 fully saturated rings. The van der Waals surface area contributed by atoms with Crippen LogP contribution in [0.1, 0.15) is 33.5 Å². The van der Waals surface area contributed by atoms with Crippen molar-refractivity contribution < 1.29 is 13.6 Å². The van der Waals surface area contributed by atoms with Crippen molar-refractivity contribution in [2.75, 3.05) is 0 Å². The van der Waals surface area contributed by atoms with E-state index in [0.717, 1.165) is 53.4 Å². The van der Waals surface area contributed by atoms with Gasteiger partial charge in [-0.25, -0.2) is 0 Å². The van der Waals surface area contributed by atoms with E-state index in [9.17, 15) is 0 Å². The fourth-order valence-corrected chi connectivity index (χ4v) is 7.72. The van der Waals surface area contributed by atoms with Gasteiger partial charge in [0.05, 0.1) is 16.5 Å². The van der Waals surface area contributed by atoms with Crippen molar-refractivity contribution in [3.05, 3.63) is 131 Å². The molecule has 43 heavy (non-hydrogen) atoms. The Bertz CT molecular complexity index is 2320. The van der Waals surface area contributed by atoms with Gasteiger partial charge in [0.25, 0.3) is 0 Å². The fraction of sp³-hybridized carbons (Fsp3) is 0.150. The molecular weight excluding hydrogens is 524 g/mol. The maximum atomic E-state index is 6.33. The van der Waals surface area contributed by atoms with Crippen LogP contribution >= 0.6 is 0 Å². The van der Waals surface area contributed by atoms with E-state index >= 15 is 0 Å². The number of aryl methyl sites for hydroxylation is 1. The molecule has 4 aromatic carbocycles. The highest BCUT2D eigenvalue weighted by Gasteiger charge is 2.37. The number of hydrogen-bond donors (Lipinski definition) is 0. The third kappa shape index (κ3) is 3.54. The molecule has 5 heterocycles. The molecular formula is C40H32N2O+2. The first kappa shape index (κ1) is 24.6. The number of rotatable bonds is 2. The second-order valence-corrected chi connectivity index (χ2v) is 12.0. The maximum absolute atomic E-state index is 6.33. The molecule has 0 saturated heterocycles. The summed E-state index contributed by atoms with van der Waals surface area (Å²) in [6.45, 7) is 6.66. The van der Waals surface area contributed by atoms with Crippen LogP contribution in [0.3, 0.4) is 0 Å². The Balaban J connectivity index is 1.25. The van der Waals surface area contributed by atoms with Gasteiger partial charge < -0.3 is 4.42 Å². The van der Waals surface area contributed by atoms with Gasteiger partial charge in [0, 0.05) is 53.5 Å². The lowest BCUT2D eigenvalue weighted by Crippen LogP contribution is -2.45. The SMILES string of the molecule is Cc1c(C)c2c(c3c1CC[n+]1ccc4ccccc4c1-3)-c1cccc(/C=C/c3cccc4c3oc3ccccc34)[n+]1CC2. The van der Waals surface area contributed by atoms with Crippen LogP contribution in [0, 0.1) is 13.8 Å². The van der Waals surface area contributed by atoms with E-state index in [2.05, 4.69) is 120 Å². The molecule has 2 aliphatic rings. The van der Waals surface area contributed by atoms with Crippen LogP contribution in [0.2, 0.25) is 0 Å². The zero-order valence-electron chi connectivity index (χ0n) is 24.5. The first-order valence-corrected chi connectivity index (χ1v) is 15.4. The molecule has 0 N–H and O–H groups in total. The Morgan fingerprint density at radius 3 is 2.30 bits per heavy atom. The number of benzene rings is 4. The zero-order valence-corrected chi connectivity index (χ0v) is 24.5. The van der Waals surface area contributed by atoms with Crippen molar-refractivity contribution >= 4 is 44.9 Å². The molecule has 0 aliphatic carbocycles. The number of aromatic nitrogens is 2. The van der Waals surface area contributed by atoms with Crippen molar-refractivity contribution in [3.63, 3.8) is 0 Å². The van der Waals surface area contributed by atoms with Gasteiger partial charge in [-0.05, 0) is 65.8 Å². The van der Waals surface area contributed by atoms with E-state index in [4.69, 9.17) is 4.42 Å². The quantitative estimate of drug-likeness (QED) is 0.196. The Kier molecular flexibility index (Phi) is 5.28. The summed E-state index contributed by atoms with van der Waals surface area (Å²) in [5.74, 6) is 0. The molecule has 3 heteroatoms. The molecule has 3 nitrogen and oxygen atoms in total. The van der Waals surface area contributed by atoms with E-state index < -0.39 is 0 Å². The van der Waals surface area contributed by atoms with Crippen molar-refractivity contribution in [2.45, 2.75) is 39.8 Å². The van der Waals surface area contributed by atoms with Crippen molar-refractivity contribution in [1.82, 2.24) is 0 Å². The molecule has 3 aromatic heterocycles. The molecule has 2 aliphatic heterocycles. The summed E-state index contributed by atoms with van der Waals surface area (Å²) < 4.78 is 11.3. The van der Waals surface area contributed by atoms with E-state index in [1.807, 2.05) is 12.1 Å². The number of furan rings is 1. The average Bonchev–Trinajstić information content (AvgIpc) is 3.44. The average molecular weight is 557 g/mol. The molecule has 0 amide bonds. The summed E-state index contributed by atoms with van der Waals surface area (Å²) >= 11 is 0. The first-order valence-electron chi connectivity index (χ1n) is 15.4. The molecule has 0 saturated carbocycles. The van der Waals surface area contributed by atoms with Crippen LogP contribution in [0.5, 0.6) is 0 Å². The lowest BCUT2D eigenvalue weighted by Gasteiger charge is -2.27. The number of para-hydroxylation sites is 2. The Hall–Kier alpha value is -5.02. The van der Waals surface area contributed by atoms with Crippen LogP contribution in [-0.2, 0) is 25.9 Å². The van der Waals surface area contributed by atoms with E-state index in [-0.39, 0.29) is 0 Å². The Morgan fingerprint density at radius 2 is 1.40 bits per heavy atom. The lowest BCUT2D eigenvalue weighted by molar-refractivity contribution is -0.690. The van der Waals surface area contributed by atoms with Gasteiger partial charge in [-0.3, -0.25) is 0 Å². The van der Waals surface area contributed by atoms with Gasteiger partial charge in [0.15, 0.2) is 19.3 Å². The minimum Gasteiger partial charge on any atom is -0.455 e. The Labute approximate surface area is 251 Å². The monoisotopic (exact) mass is 556 g/mol. The van der Waals surface area contributed by atoms with Gasteiger partial charge in [0.2, 0.25) is 17.1 Å². The highest BCUT2D eigenvalue weighted by molar-refractivity contribution is 6.07. The summed E-state index contributed by atoms with van der Waals surface area (Å²) in [4.78, 5) is 0. The van der Waals surface area contributed by atoms with E-state index in [1.54, 1.807) is 0 Å². The largest absolute Gasteiger partial charge is 0.455 e. The molecule has 0 radical (unpaired) electrons. The number of nitrogens with zero attached hydrogens (tertiary/aromatic N) is 2. The molecule has 7 aromatic rings. The van der Waals surface area contributed by atoms with Crippen LogP contribution < -0.4 is 9.13 Å². The lowest BCUT2D eigenvalue weighted by atomic mass is 9.79. The second-order valence-electron chi connectivity index (χ2n) is 12.0. The summed E-state index contributed by atoms with van der Waals surface area (Å²) in [5.41, 5.74) is 15.7. The molecule has 0 atom stereocenters. The minimum atomic E-state index is 0.933.